The molecule has 168 valence electrons. The number of carboxylic acid groups (broad SMARTS) is 1. The van der Waals surface area contributed by atoms with Crippen LogP contribution in [0.1, 0.15) is 24.0 Å². The number of hydrogen-bond donors (Lipinski definition) is 3. The fourth-order valence-electron chi connectivity index (χ4n) is 3.61. The molecule has 0 unspecified atom stereocenters. The Hall–Kier alpha value is -3.97. The van der Waals surface area contributed by atoms with Crippen LogP contribution in [0.25, 0.3) is 22.6 Å². The van der Waals surface area contributed by atoms with Crippen molar-refractivity contribution < 1.29 is 14.3 Å². The van der Waals surface area contributed by atoms with Gasteiger partial charge in [-0.15, -0.1) is 5.10 Å². The van der Waals surface area contributed by atoms with Crippen molar-refractivity contribution in [2.75, 3.05) is 11.9 Å². The molecule has 3 aromatic carbocycles. The third-order valence-corrected chi connectivity index (χ3v) is 5.35. The number of aliphatic carboxylic acids is 1. The Labute approximate surface area is 192 Å². The van der Waals surface area contributed by atoms with Gasteiger partial charge in [-0.05, 0) is 60.3 Å². The SMILES string of the molecule is Cc1c(-c2ccccc2)cccc1-c1nnc(Nc2ccc(CNCCCC(=O)O)cc2)o1. The van der Waals surface area contributed by atoms with Gasteiger partial charge in [0.15, 0.2) is 0 Å². The number of nitrogens with one attached hydrogen (secondary N) is 2. The summed E-state index contributed by atoms with van der Waals surface area (Å²) in [6.45, 7) is 3.41. The molecule has 0 aliphatic carbocycles. The van der Waals surface area contributed by atoms with Crippen molar-refractivity contribution in [3.8, 4) is 22.6 Å². The highest BCUT2D eigenvalue weighted by atomic mass is 16.4. The first-order chi connectivity index (χ1) is 16.1. The summed E-state index contributed by atoms with van der Waals surface area (Å²) in [5, 5.41) is 23.4. The molecule has 1 heterocycles. The first kappa shape index (κ1) is 22.2. The molecule has 0 atom stereocenters. The van der Waals surface area contributed by atoms with Crippen LogP contribution in [0, 0.1) is 6.92 Å². The summed E-state index contributed by atoms with van der Waals surface area (Å²) in [5.74, 6) is -0.301. The monoisotopic (exact) mass is 442 g/mol. The van der Waals surface area contributed by atoms with Crippen molar-refractivity contribution in [2.24, 2.45) is 0 Å². The van der Waals surface area contributed by atoms with E-state index in [1.807, 2.05) is 54.6 Å². The van der Waals surface area contributed by atoms with E-state index in [2.05, 4.69) is 46.0 Å². The quantitative estimate of drug-likeness (QED) is 0.282. The lowest BCUT2D eigenvalue weighted by Gasteiger charge is -2.09. The molecule has 1 aromatic heterocycles. The van der Waals surface area contributed by atoms with E-state index in [4.69, 9.17) is 9.52 Å². The maximum Gasteiger partial charge on any atom is 0.320 e. The number of carbonyl (C=O) groups is 1. The second kappa shape index (κ2) is 10.6. The highest BCUT2D eigenvalue weighted by Crippen LogP contribution is 2.32. The minimum atomic E-state index is -0.768. The highest BCUT2D eigenvalue weighted by Gasteiger charge is 2.14. The Morgan fingerprint density at radius 1 is 0.939 bits per heavy atom. The molecule has 33 heavy (non-hydrogen) atoms. The van der Waals surface area contributed by atoms with Gasteiger partial charge in [0.2, 0.25) is 5.89 Å². The van der Waals surface area contributed by atoms with Crippen molar-refractivity contribution in [1.82, 2.24) is 15.5 Å². The third-order valence-electron chi connectivity index (χ3n) is 5.35. The predicted molar refractivity (Wildman–Crippen MR) is 128 cm³/mol. The topological polar surface area (TPSA) is 100 Å². The van der Waals surface area contributed by atoms with E-state index in [0.717, 1.165) is 33.5 Å². The molecule has 7 nitrogen and oxygen atoms in total. The van der Waals surface area contributed by atoms with Crippen LogP contribution in [-0.2, 0) is 11.3 Å². The lowest BCUT2D eigenvalue weighted by atomic mass is 9.96. The Balaban J connectivity index is 1.39. The molecular formula is C26H26N4O3. The standard InChI is InChI=1S/C26H26N4O3/c1-18-22(20-7-3-2-4-8-20)9-5-10-23(18)25-29-30-26(33-25)28-21-14-12-19(13-15-21)17-27-16-6-11-24(31)32/h2-5,7-10,12-15,27H,6,11,16-17H2,1H3,(H,28,30)(H,31,32). The van der Waals surface area contributed by atoms with Gasteiger partial charge in [0, 0.05) is 24.2 Å². The van der Waals surface area contributed by atoms with Gasteiger partial charge in [-0.25, -0.2) is 0 Å². The zero-order valence-corrected chi connectivity index (χ0v) is 18.4. The summed E-state index contributed by atoms with van der Waals surface area (Å²) in [7, 11) is 0. The number of nitrogens with zero attached hydrogens (tertiary/aromatic N) is 2. The van der Waals surface area contributed by atoms with Crippen LogP contribution in [0.15, 0.2) is 77.2 Å². The van der Waals surface area contributed by atoms with E-state index in [1.54, 1.807) is 0 Å². The van der Waals surface area contributed by atoms with Gasteiger partial charge in [0.05, 0.1) is 0 Å². The number of rotatable bonds is 10. The van der Waals surface area contributed by atoms with E-state index < -0.39 is 5.97 Å². The molecular weight excluding hydrogens is 416 g/mol. The zero-order valence-electron chi connectivity index (χ0n) is 18.4. The molecule has 4 aromatic rings. The Bertz CT molecular complexity index is 1200. The van der Waals surface area contributed by atoms with Crippen molar-refractivity contribution >= 4 is 17.7 Å². The van der Waals surface area contributed by atoms with E-state index in [-0.39, 0.29) is 6.42 Å². The molecule has 0 saturated carbocycles. The zero-order chi connectivity index (χ0) is 23.0. The van der Waals surface area contributed by atoms with Crippen molar-refractivity contribution in [2.45, 2.75) is 26.3 Å². The fraction of sp³-hybridized carbons (Fsp3) is 0.192. The fourth-order valence-corrected chi connectivity index (χ4v) is 3.61. The van der Waals surface area contributed by atoms with Gasteiger partial charge in [-0.1, -0.05) is 59.7 Å². The van der Waals surface area contributed by atoms with Gasteiger partial charge in [0.1, 0.15) is 0 Å². The average Bonchev–Trinajstić information content (AvgIpc) is 3.28. The number of benzene rings is 3. The minimum absolute atomic E-state index is 0.179. The molecule has 0 aliphatic rings. The van der Waals surface area contributed by atoms with E-state index in [1.165, 1.54) is 0 Å². The summed E-state index contributed by atoms with van der Waals surface area (Å²) >= 11 is 0. The van der Waals surface area contributed by atoms with Crippen LogP contribution in [0.3, 0.4) is 0 Å². The van der Waals surface area contributed by atoms with E-state index in [0.29, 0.717) is 31.4 Å². The van der Waals surface area contributed by atoms with Gasteiger partial charge in [-0.3, -0.25) is 4.79 Å². The molecule has 0 aliphatic heterocycles. The Kier molecular flexibility index (Phi) is 7.12. The Morgan fingerprint density at radius 3 is 2.45 bits per heavy atom. The van der Waals surface area contributed by atoms with Crippen LogP contribution >= 0.6 is 0 Å². The van der Waals surface area contributed by atoms with Crippen LogP contribution in [-0.4, -0.2) is 27.8 Å². The van der Waals surface area contributed by atoms with E-state index in [9.17, 15) is 4.79 Å². The van der Waals surface area contributed by atoms with E-state index >= 15 is 0 Å². The normalized spacial score (nSPS) is 10.8. The van der Waals surface area contributed by atoms with Crippen LogP contribution in [0.5, 0.6) is 0 Å². The largest absolute Gasteiger partial charge is 0.481 e. The molecule has 4 rings (SSSR count). The molecule has 0 saturated heterocycles. The summed E-state index contributed by atoms with van der Waals surface area (Å²) in [6, 6.07) is 24.5. The maximum absolute atomic E-state index is 10.5. The molecule has 0 radical (unpaired) electrons. The lowest BCUT2D eigenvalue weighted by molar-refractivity contribution is -0.137. The molecule has 0 bridgehead atoms. The maximum atomic E-state index is 10.5. The number of aromatic nitrogens is 2. The van der Waals surface area contributed by atoms with Crippen molar-refractivity contribution in [1.29, 1.82) is 0 Å². The lowest BCUT2D eigenvalue weighted by Crippen LogP contribution is -2.15. The van der Waals surface area contributed by atoms with Crippen LogP contribution in [0.4, 0.5) is 11.7 Å². The first-order valence-electron chi connectivity index (χ1n) is 10.9. The van der Waals surface area contributed by atoms with Gasteiger partial charge < -0.3 is 20.2 Å². The highest BCUT2D eigenvalue weighted by molar-refractivity contribution is 5.75. The summed E-state index contributed by atoms with van der Waals surface area (Å²) in [5.41, 5.74) is 6.21. The molecule has 7 heteroatoms. The van der Waals surface area contributed by atoms with Crippen molar-refractivity contribution in [3.63, 3.8) is 0 Å². The summed E-state index contributed by atoms with van der Waals surface area (Å²) in [6.07, 6.45) is 0.792. The summed E-state index contributed by atoms with van der Waals surface area (Å²) in [4.78, 5) is 10.5. The minimum Gasteiger partial charge on any atom is -0.481 e. The third kappa shape index (κ3) is 5.84. The molecule has 3 N–H and O–H groups in total. The van der Waals surface area contributed by atoms with Crippen molar-refractivity contribution in [3.05, 3.63) is 83.9 Å². The Morgan fingerprint density at radius 2 is 1.70 bits per heavy atom. The van der Waals surface area contributed by atoms with Gasteiger partial charge >= 0.3 is 12.0 Å². The molecule has 0 spiro atoms. The first-order valence-corrected chi connectivity index (χ1v) is 10.9. The molecule has 0 fully saturated rings. The predicted octanol–water partition coefficient (Wildman–Crippen LogP) is 5.41. The molecule has 0 amide bonds. The van der Waals surface area contributed by atoms with Crippen LogP contribution in [0.2, 0.25) is 0 Å². The van der Waals surface area contributed by atoms with Gasteiger partial charge in [-0.2, -0.15) is 0 Å². The van der Waals surface area contributed by atoms with Crippen LogP contribution < -0.4 is 10.6 Å². The second-order valence-electron chi connectivity index (χ2n) is 7.75. The second-order valence-corrected chi connectivity index (χ2v) is 7.75. The number of anilines is 2. The smallest absolute Gasteiger partial charge is 0.320 e. The average molecular weight is 443 g/mol. The summed E-state index contributed by atoms with van der Waals surface area (Å²) < 4.78 is 5.89. The number of carboxylic acids is 1. The van der Waals surface area contributed by atoms with Gasteiger partial charge in [0.25, 0.3) is 0 Å². The number of hydrogen-bond acceptors (Lipinski definition) is 6.